The lowest BCUT2D eigenvalue weighted by atomic mass is 9.87. The van der Waals surface area contributed by atoms with Gasteiger partial charge in [-0.1, -0.05) is 32.9 Å². The molecule has 5 N–H and O–H groups in total. The summed E-state index contributed by atoms with van der Waals surface area (Å²) >= 11 is 0. The van der Waals surface area contributed by atoms with Crippen molar-refractivity contribution in [3.63, 3.8) is 0 Å². The molecular formula is C10H18N4O2S. The highest BCUT2D eigenvalue weighted by atomic mass is 32.2. The van der Waals surface area contributed by atoms with E-state index in [1.807, 2.05) is 12.1 Å². The maximum absolute atomic E-state index is 11.3. The van der Waals surface area contributed by atoms with Gasteiger partial charge in [-0.2, -0.15) is 12.8 Å². The van der Waals surface area contributed by atoms with Gasteiger partial charge in [0.05, 0.1) is 5.69 Å². The van der Waals surface area contributed by atoms with Crippen LogP contribution in [0, 0.1) is 0 Å². The van der Waals surface area contributed by atoms with Gasteiger partial charge in [0.2, 0.25) is 0 Å². The lowest BCUT2D eigenvalue weighted by Crippen LogP contribution is -2.48. The topological polar surface area (TPSA) is 101 Å². The van der Waals surface area contributed by atoms with E-state index in [2.05, 4.69) is 20.8 Å². The molecule has 0 bridgehead atoms. The Hall–Kier alpha value is -1.15. The number of rotatable bonds is 3. The Kier molecular flexibility index (Phi) is 3.78. The van der Waals surface area contributed by atoms with Crippen molar-refractivity contribution in [3.8, 4) is 0 Å². The number of benzene rings is 1. The van der Waals surface area contributed by atoms with E-state index in [1.165, 1.54) is 0 Å². The Bertz CT molecular complexity index is 476. The minimum absolute atomic E-state index is 0.00293. The number of hydrogen-bond donors (Lipinski definition) is 3. The van der Waals surface area contributed by atoms with Crippen molar-refractivity contribution < 1.29 is 8.42 Å². The molecule has 1 rings (SSSR count). The molecule has 6 nitrogen and oxygen atoms in total. The fraction of sp³-hybridized carbons (Fsp3) is 0.400. The second-order valence-electron chi connectivity index (χ2n) is 4.72. The SMILES string of the molecule is CC(C)(C)c1ccc(N(N)S(=O)(=O)NN)cc1. The van der Waals surface area contributed by atoms with Gasteiger partial charge in [0, 0.05) is 0 Å². The van der Waals surface area contributed by atoms with Gasteiger partial charge >= 0.3 is 10.2 Å². The molecule has 0 fully saturated rings. The molecule has 0 amide bonds. The van der Waals surface area contributed by atoms with Crippen molar-refractivity contribution in [1.29, 1.82) is 0 Å². The van der Waals surface area contributed by atoms with Crippen LogP contribution >= 0.6 is 0 Å². The molecule has 0 atom stereocenters. The number of nitrogens with two attached hydrogens (primary N) is 2. The van der Waals surface area contributed by atoms with Crippen molar-refractivity contribution in [1.82, 2.24) is 4.83 Å². The van der Waals surface area contributed by atoms with E-state index >= 15 is 0 Å². The first-order chi connectivity index (χ1) is 7.68. The largest absolute Gasteiger partial charge is 0.327 e. The maximum Gasteiger partial charge on any atom is 0.327 e. The number of nitrogens with zero attached hydrogens (tertiary/aromatic N) is 1. The molecule has 0 aliphatic rings. The van der Waals surface area contributed by atoms with Gasteiger partial charge in [-0.25, -0.2) is 5.84 Å². The molecule has 0 heterocycles. The molecule has 96 valence electrons. The first kappa shape index (κ1) is 13.9. The number of nitrogens with one attached hydrogen (secondary N) is 1. The minimum Gasteiger partial charge on any atom is -0.256 e. The average molecular weight is 258 g/mol. The van der Waals surface area contributed by atoms with Crippen LogP contribution in [0.5, 0.6) is 0 Å². The zero-order valence-electron chi connectivity index (χ0n) is 10.1. The van der Waals surface area contributed by atoms with Crippen LogP contribution in [-0.2, 0) is 15.6 Å². The monoisotopic (exact) mass is 258 g/mol. The predicted molar refractivity (Wildman–Crippen MR) is 68.1 cm³/mol. The summed E-state index contributed by atoms with van der Waals surface area (Å²) in [4.78, 5) is 1.66. The van der Waals surface area contributed by atoms with Gasteiger partial charge in [0.15, 0.2) is 0 Å². The zero-order chi connectivity index (χ0) is 13.3. The van der Waals surface area contributed by atoms with E-state index < -0.39 is 10.2 Å². The van der Waals surface area contributed by atoms with Crippen LogP contribution in [-0.4, -0.2) is 8.42 Å². The van der Waals surface area contributed by atoms with Crippen LogP contribution in [0.4, 0.5) is 5.69 Å². The number of anilines is 1. The molecule has 0 saturated carbocycles. The predicted octanol–water partition coefficient (Wildman–Crippen LogP) is 0.372. The molecule has 0 unspecified atom stereocenters. The third-order valence-electron chi connectivity index (χ3n) is 2.40. The van der Waals surface area contributed by atoms with Crippen molar-refractivity contribution in [2.45, 2.75) is 26.2 Å². The standard InChI is InChI=1S/C10H18N4O2S/c1-10(2,3)8-4-6-9(7-5-8)14(12)17(15,16)13-11/h4-7,13H,11-12H2,1-3H3. The number of hydrazine groups is 2. The van der Waals surface area contributed by atoms with Gasteiger partial charge in [0.25, 0.3) is 0 Å². The molecule has 1 aromatic carbocycles. The molecule has 0 spiro atoms. The Morgan fingerprint density at radius 1 is 1.18 bits per heavy atom. The summed E-state index contributed by atoms with van der Waals surface area (Å²) < 4.78 is 23.3. The highest BCUT2D eigenvalue weighted by Gasteiger charge is 2.18. The molecule has 0 aliphatic heterocycles. The smallest absolute Gasteiger partial charge is 0.256 e. The van der Waals surface area contributed by atoms with Crippen LogP contribution in [0.25, 0.3) is 0 Å². The van der Waals surface area contributed by atoms with Crippen LogP contribution in [0.3, 0.4) is 0 Å². The molecule has 0 aliphatic carbocycles. The Morgan fingerprint density at radius 2 is 1.65 bits per heavy atom. The fourth-order valence-electron chi connectivity index (χ4n) is 1.30. The van der Waals surface area contributed by atoms with Crippen molar-refractivity contribution in [2.75, 3.05) is 4.41 Å². The van der Waals surface area contributed by atoms with E-state index in [4.69, 9.17) is 11.7 Å². The second-order valence-corrected chi connectivity index (χ2v) is 6.29. The van der Waals surface area contributed by atoms with Gasteiger partial charge in [0.1, 0.15) is 0 Å². The lowest BCUT2D eigenvalue weighted by molar-refractivity contribution is 0.579. The van der Waals surface area contributed by atoms with Gasteiger partial charge in [-0.05, 0) is 23.1 Å². The molecular weight excluding hydrogens is 240 g/mol. The fourth-order valence-corrected chi connectivity index (χ4v) is 1.82. The molecule has 7 heteroatoms. The first-order valence-corrected chi connectivity index (χ1v) is 6.50. The van der Waals surface area contributed by atoms with Crippen molar-refractivity contribution in [3.05, 3.63) is 29.8 Å². The Labute approximate surface area is 102 Å². The van der Waals surface area contributed by atoms with E-state index in [9.17, 15) is 8.42 Å². The molecule has 0 radical (unpaired) electrons. The quantitative estimate of drug-likeness (QED) is 0.538. The molecule has 17 heavy (non-hydrogen) atoms. The summed E-state index contributed by atoms with van der Waals surface area (Å²) in [5.41, 5.74) is 1.44. The lowest BCUT2D eigenvalue weighted by Gasteiger charge is -2.21. The second kappa shape index (κ2) is 4.61. The molecule has 1 aromatic rings. The third-order valence-corrected chi connectivity index (χ3v) is 3.42. The van der Waals surface area contributed by atoms with Gasteiger partial charge in [-0.15, -0.1) is 4.83 Å². The van der Waals surface area contributed by atoms with E-state index in [0.717, 1.165) is 5.56 Å². The Morgan fingerprint density at radius 3 is 2.00 bits per heavy atom. The van der Waals surface area contributed by atoms with Crippen LogP contribution in [0.1, 0.15) is 26.3 Å². The number of hydrogen-bond acceptors (Lipinski definition) is 4. The summed E-state index contributed by atoms with van der Waals surface area (Å²) in [7, 11) is -3.86. The summed E-state index contributed by atoms with van der Waals surface area (Å²) in [5, 5.41) is 0. The van der Waals surface area contributed by atoms with Crippen molar-refractivity contribution in [2.24, 2.45) is 11.7 Å². The van der Waals surface area contributed by atoms with Gasteiger partial charge in [-0.3, -0.25) is 5.84 Å². The maximum atomic E-state index is 11.3. The summed E-state index contributed by atoms with van der Waals surface area (Å²) in [6, 6.07) is 6.94. The highest BCUT2D eigenvalue weighted by molar-refractivity contribution is 7.90. The summed E-state index contributed by atoms with van der Waals surface area (Å²) in [6.07, 6.45) is 0. The van der Waals surface area contributed by atoms with Crippen molar-refractivity contribution >= 4 is 15.9 Å². The third kappa shape index (κ3) is 3.16. The zero-order valence-corrected chi connectivity index (χ0v) is 11.0. The van der Waals surface area contributed by atoms with E-state index in [-0.39, 0.29) is 5.41 Å². The highest BCUT2D eigenvalue weighted by Crippen LogP contribution is 2.24. The minimum atomic E-state index is -3.86. The van der Waals surface area contributed by atoms with E-state index in [0.29, 0.717) is 10.1 Å². The van der Waals surface area contributed by atoms with E-state index in [1.54, 1.807) is 17.0 Å². The summed E-state index contributed by atoms with van der Waals surface area (Å²) in [5.74, 6) is 10.3. The molecule has 0 saturated heterocycles. The van der Waals surface area contributed by atoms with Crippen LogP contribution in [0.15, 0.2) is 24.3 Å². The summed E-state index contributed by atoms with van der Waals surface area (Å²) in [6.45, 7) is 6.21. The van der Waals surface area contributed by atoms with Crippen LogP contribution < -0.4 is 20.9 Å². The first-order valence-electron chi connectivity index (χ1n) is 5.06. The average Bonchev–Trinajstić information content (AvgIpc) is 2.27. The molecule has 0 aromatic heterocycles. The Balaban J connectivity index is 3.04. The van der Waals surface area contributed by atoms with Gasteiger partial charge < -0.3 is 0 Å². The van der Waals surface area contributed by atoms with Crippen LogP contribution in [0.2, 0.25) is 0 Å². The normalized spacial score (nSPS) is 12.5.